The minimum absolute atomic E-state index is 0.143. The predicted octanol–water partition coefficient (Wildman–Crippen LogP) is 2.51. The van der Waals surface area contributed by atoms with E-state index in [1.165, 1.54) is 0 Å². The second-order valence-electron chi connectivity index (χ2n) is 4.32. The topological polar surface area (TPSA) is 65.0 Å². The molecule has 0 fully saturated rings. The molecular weight excluding hydrogens is 260 g/mol. The molecular formula is C15H12O5. The molecule has 5 heteroatoms. The van der Waals surface area contributed by atoms with Gasteiger partial charge in [0.05, 0.1) is 5.56 Å². The van der Waals surface area contributed by atoms with Crippen molar-refractivity contribution in [1.82, 2.24) is 0 Å². The summed E-state index contributed by atoms with van der Waals surface area (Å²) in [7, 11) is 0. The summed E-state index contributed by atoms with van der Waals surface area (Å²) in [5.41, 5.74) is 1.20. The van der Waals surface area contributed by atoms with E-state index >= 15 is 0 Å². The third-order valence-corrected chi connectivity index (χ3v) is 2.94. The summed E-state index contributed by atoms with van der Waals surface area (Å²) in [5, 5.41) is 9.39. The zero-order valence-corrected chi connectivity index (χ0v) is 10.5. The van der Waals surface area contributed by atoms with Gasteiger partial charge in [-0.1, -0.05) is 12.1 Å². The number of rotatable bonds is 4. The normalized spacial score (nSPS) is 12.2. The van der Waals surface area contributed by atoms with Gasteiger partial charge in [0.25, 0.3) is 0 Å². The van der Waals surface area contributed by atoms with Crippen molar-refractivity contribution in [2.45, 2.75) is 6.61 Å². The van der Waals surface area contributed by atoms with Crippen molar-refractivity contribution in [3.63, 3.8) is 0 Å². The lowest BCUT2D eigenvalue weighted by Gasteiger charge is -2.09. The molecule has 0 saturated carbocycles. The fraction of sp³-hybridized carbons (Fsp3) is 0.133. The van der Waals surface area contributed by atoms with Crippen LogP contribution in [-0.4, -0.2) is 18.2 Å². The van der Waals surface area contributed by atoms with Crippen LogP contribution in [0.3, 0.4) is 0 Å². The molecule has 0 unspecified atom stereocenters. The summed E-state index contributed by atoms with van der Waals surface area (Å²) in [6, 6.07) is 9.97. The number of aromatic hydroxyl groups is 1. The Morgan fingerprint density at radius 3 is 2.75 bits per heavy atom. The number of carbonyl (C=O) groups excluding carboxylic acids is 1. The molecule has 2 aromatic carbocycles. The molecule has 0 aliphatic carbocycles. The lowest BCUT2D eigenvalue weighted by Crippen LogP contribution is -1.98. The van der Waals surface area contributed by atoms with Crippen molar-refractivity contribution in [1.29, 1.82) is 0 Å². The highest BCUT2D eigenvalue weighted by Gasteiger charge is 2.17. The average molecular weight is 272 g/mol. The summed E-state index contributed by atoms with van der Waals surface area (Å²) in [4.78, 5) is 11.1. The average Bonchev–Trinajstić information content (AvgIpc) is 2.91. The van der Waals surface area contributed by atoms with Crippen molar-refractivity contribution < 1.29 is 24.1 Å². The fourth-order valence-electron chi connectivity index (χ4n) is 1.96. The van der Waals surface area contributed by atoms with E-state index in [0.717, 1.165) is 5.56 Å². The van der Waals surface area contributed by atoms with Gasteiger partial charge in [-0.2, -0.15) is 0 Å². The number of phenols is 1. The van der Waals surface area contributed by atoms with E-state index in [4.69, 9.17) is 14.2 Å². The van der Waals surface area contributed by atoms with E-state index in [1.54, 1.807) is 30.3 Å². The molecule has 0 amide bonds. The van der Waals surface area contributed by atoms with Crippen LogP contribution in [-0.2, 0) is 6.61 Å². The Kier molecular flexibility index (Phi) is 3.16. The molecule has 0 radical (unpaired) electrons. The molecule has 102 valence electrons. The van der Waals surface area contributed by atoms with Crippen molar-refractivity contribution in [3.8, 4) is 23.0 Å². The lowest BCUT2D eigenvalue weighted by atomic mass is 10.2. The summed E-state index contributed by atoms with van der Waals surface area (Å²) in [5.74, 6) is 1.69. The van der Waals surface area contributed by atoms with Crippen molar-refractivity contribution in [2.75, 3.05) is 6.79 Å². The van der Waals surface area contributed by atoms with Crippen LogP contribution in [0, 0.1) is 0 Å². The van der Waals surface area contributed by atoms with E-state index in [1.807, 2.05) is 6.07 Å². The summed E-state index contributed by atoms with van der Waals surface area (Å²) >= 11 is 0. The molecule has 0 aromatic heterocycles. The molecule has 1 aliphatic heterocycles. The summed E-state index contributed by atoms with van der Waals surface area (Å²) in [6.07, 6.45) is 0.708. The molecule has 2 aromatic rings. The van der Waals surface area contributed by atoms with E-state index < -0.39 is 0 Å². The first-order valence-corrected chi connectivity index (χ1v) is 6.06. The van der Waals surface area contributed by atoms with Gasteiger partial charge in [-0.3, -0.25) is 4.79 Å². The maximum atomic E-state index is 11.1. The van der Waals surface area contributed by atoms with Gasteiger partial charge in [0.15, 0.2) is 17.8 Å². The Morgan fingerprint density at radius 2 is 2.00 bits per heavy atom. The maximum absolute atomic E-state index is 11.1. The van der Waals surface area contributed by atoms with Gasteiger partial charge >= 0.3 is 0 Å². The van der Waals surface area contributed by atoms with E-state index in [9.17, 15) is 9.90 Å². The van der Waals surface area contributed by atoms with Gasteiger partial charge in [-0.25, -0.2) is 0 Å². The molecule has 0 spiro atoms. The highest BCUT2D eigenvalue weighted by Crippen LogP contribution is 2.37. The number of hydrogen-bond acceptors (Lipinski definition) is 5. The highest BCUT2D eigenvalue weighted by molar-refractivity contribution is 5.81. The van der Waals surface area contributed by atoms with Gasteiger partial charge in [0, 0.05) is 6.07 Å². The van der Waals surface area contributed by atoms with E-state index in [-0.39, 0.29) is 19.1 Å². The van der Waals surface area contributed by atoms with Crippen LogP contribution in [0.4, 0.5) is 0 Å². The monoisotopic (exact) mass is 272 g/mol. The molecule has 0 atom stereocenters. The molecule has 0 bridgehead atoms. The third kappa shape index (κ3) is 2.38. The van der Waals surface area contributed by atoms with Gasteiger partial charge < -0.3 is 19.3 Å². The second kappa shape index (κ2) is 5.13. The van der Waals surface area contributed by atoms with Crippen molar-refractivity contribution >= 4 is 6.29 Å². The smallest absolute Gasteiger partial charge is 0.231 e. The first kappa shape index (κ1) is 12.3. The number of aldehydes is 1. The largest absolute Gasteiger partial charge is 0.508 e. The summed E-state index contributed by atoms with van der Waals surface area (Å²) < 4.78 is 16.1. The standard InChI is InChI=1S/C15H12O5/c16-7-11-5-14-15(20-9-19-14)6-13(11)18-8-10-2-1-3-12(17)4-10/h1-7,17H,8-9H2. The number of ether oxygens (including phenoxy) is 3. The Morgan fingerprint density at radius 1 is 1.20 bits per heavy atom. The van der Waals surface area contributed by atoms with E-state index in [2.05, 4.69) is 0 Å². The van der Waals surface area contributed by atoms with Crippen molar-refractivity contribution in [2.24, 2.45) is 0 Å². The van der Waals surface area contributed by atoms with Gasteiger partial charge in [0.2, 0.25) is 6.79 Å². The van der Waals surface area contributed by atoms with Gasteiger partial charge in [-0.15, -0.1) is 0 Å². The van der Waals surface area contributed by atoms with Crippen LogP contribution in [0.1, 0.15) is 15.9 Å². The molecule has 3 rings (SSSR count). The first-order chi connectivity index (χ1) is 9.76. The Hall–Kier alpha value is -2.69. The van der Waals surface area contributed by atoms with Gasteiger partial charge in [0.1, 0.15) is 18.1 Å². The van der Waals surface area contributed by atoms with E-state index in [0.29, 0.717) is 29.1 Å². The number of fused-ring (bicyclic) bond motifs is 1. The fourth-order valence-corrected chi connectivity index (χ4v) is 1.96. The quantitative estimate of drug-likeness (QED) is 0.866. The number of benzene rings is 2. The molecule has 0 saturated heterocycles. The molecule has 1 heterocycles. The third-order valence-electron chi connectivity index (χ3n) is 2.94. The van der Waals surface area contributed by atoms with Crippen LogP contribution in [0.25, 0.3) is 0 Å². The maximum Gasteiger partial charge on any atom is 0.231 e. The van der Waals surface area contributed by atoms with Crippen LogP contribution >= 0.6 is 0 Å². The Bertz CT molecular complexity index is 651. The molecule has 5 nitrogen and oxygen atoms in total. The zero-order valence-electron chi connectivity index (χ0n) is 10.5. The molecule has 1 aliphatic rings. The molecule has 20 heavy (non-hydrogen) atoms. The highest BCUT2D eigenvalue weighted by atomic mass is 16.7. The Balaban J connectivity index is 1.82. The van der Waals surface area contributed by atoms with Crippen LogP contribution < -0.4 is 14.2 Å². The SMILES string of the molecule is O=Cc1cc2c(cc1OCc1cccc(O)c1)OCO2. The number of hydrogen-bond donors (Lipinski definition) is 1. The minimum Gasteiger partial charge on any atom is -0.508 e. The lowest BCUT2D eigenvalue weighted by molar-refractivity contribution is 0.111. The minimum atomic E-state index is 0.143. The second-order valence-corrected chi connectivity index (χ2v) is 4.32. The van der Waals surface area contributed by atoms with Crippen LogP contribution in [0.15, 0.2) is 36.4 Å². The first-order valence-electron chi connectivity index (χ1n) is 6.06. The zero-order chi connectivity index (χ0) is 13.9. The Labute approximate surface area is 115 Å². The number of phenolic OH excluding ortho intramolecular Hbond substituents is 1. The van der Waals surface area contributed by atoms with Crippen molar-refractivity contribution in [3.05, 3.63) is 47.5 Å². The predicted molar refractivity (Wildman–Crippen MR) is 70.4 cm³/mol. The van der Waals surface area contributed by atoms with Gasteiger partial charge in [-0.05, 0) is 23.8 Å². The summed E-state index contributed by atoms with van der Waals surface area (Å²) in [6.45, 7) is 0.387. The van der Waals surface area contributed by atoms with Crippen LogP contribution in [0.5, 0.6) is 23.0 Å². The number of carbonyl (C=O) groups is 1. The molecule has 1 N–H and O–H groups in total. The van der Waals surface area contributed by atoms with Crippen LogP contribution in [0.2, 0.25) is 0 Å².